The van der Waals surface area contributed by atoms with Gasteiger partial charge in [-0.25, -0.2) is 9.18 Å². The summed E-state index contributed by atoms with van der Waals surface area (Å²) in [5.74, 6) is -1.20. The van der Waals surface area contributed by atoms with Crippen LogP contribution >= 0.6 is 0 Å². The first-order valence-corrected chi connectivity index (χ1v) is 5.59. The van der Waals surface area contributed by atoms with Gasteiger partial charge in [-0.05, 0) is 19.1 Å². The number of ether oxygens (including phenoxy) is 2. The van der Waals surface area contributed by atoms with Crippen LogP contribution in [-0.2, 0) is 4.74 Å². The third kappa shape index (κ3) is 2.40. The fraction of sp³-hybridized carbons (Fsp3) is 0.250. The SMILES string of the molecule is CCOC(=O)c1n[nH]nc1-c1cccc(OC)c1F. The number of hydrogen-bond donors (Lipinski definition) is 1. The Kier molecular flexibility index (Phi) is 3.74. The van der Waals surface area contributed by atoms with Crippen molar-refractivity contribution in [1.29, 1.82) is 0 Å². The molecular formula is C12H12FN3O3. The van der Waals surface area contributed by atoms with E-state index >= 15 is 0 Å². The quantitative estimate of drug-likeness (QED) is 0.853. The van der Waals surface area contributed by atoms with Gasteiger partial charge in [-0.15, -0.1) is 5.10 Å². The van der Waals surface area contributed by atoms with Gasteiger partial charge in [0.1, 0.15) is 5.69 Å². The van der Waals surface area contributed by atoms with Crippen molar-refractivity contribution in [3.05, 3.63) is 29.7 Å². The largest absolute Gasteiger partial charge is 0.494 e. The molecule has 0 saturated heterocycles. The summed E-state index contributed by atoms with van der Waals surface area (Å²) in [5, 5.41) is 9.78. The zero-order valence-corrected chi connectivity index (χ0v) is 10.4. The molecule has 2 rings (SSSR count). The number of rotatable bonds is 4. The first-order valence-electron chi connectivity index (χ1n) is 5.59. The third-order valence-electron chi connectivity index (χ3n) is 2.46. The standard InChI is InChI=1S/C12H12FN3O3/c1-3-19-12(17)11-10(14-16-15-11)7-5-4-6-8(18-2)9(7)13/h4-6H,3H2,1-2H3,(H,14,15,16). The number of carbonyl (C=O) groups is 1. The molecule has 1 heterocycles. The lowest BCUT2D eigenvalue weighted by molar-refractivity contribution is 0.0520. The van der Waals surface area contributed by atoms with Gasteiger partial charge in [0.05, 0.1) is 13.7 Å². The molecule has 6 nitrogen and oxygen atoms in total. The molecule has 1 aromatic carbocycles. The van der Waals surface area contributed by atoms with Crippen molar-refractivity contribution in [1.82, 2.24) is 15.4 Å². The molecule has 0 aliphatic heterocycles. The molecule has 0 amide bonds. The summed E-state index contributed by atoms with van der Waals surface area (Å²) >= 11 is 0. The molecule has 0 unspecified atom stereocenters. The van der Waals surface area contributed by atoms with Gasteiger partial charge in [-0.2, -0.15) is 10.3 Å². The van der Waals surface area contributed by atoms with Gasteiger partial charge >= 0.3 is 5.97 Å². The van der Waals surface area contributed by atoms with Gasteiger partial charge < -0.3 is 9.47 Å². The average Bonchev–Trinajstić information content (AvgIpc) is 2.88. The molecule has 0 atom stereocenters. The second kappa shape index (κ2) is 5.47. The first-order chi connectivity index (χ1) is 9.19. The highest BCUT2D eigenvalue weighted by Crippen LogP contribution is 2.29. The Morgan fingerprint density at radius 3 is 2.89 bits per heavy atom. The summed E-state index contributed by atoms with van der Waals surface area (Å²) in [5.41, 5.74) is 0.153. The number of benzene rings is 1. The first kappa shape index (κ1) is 13.0. The zero-order valence-electron chi connectivity index (χ0n) is 10.4. The molecule has 1 aromatic heterocycles. The monoisotopic (exact) mass is 265 g/mol. The van der Waals surface area contributed by atoms with E-state index in [1.807, 2.05) is 0 Å². The molecule has 1 N–H and O–H groups in total. The van der Waals surface area contributed by atoms with Crippen LogP contribution < -0.4 is 4.74 Å². The van der Waals surface area contributed by atoms with Crippen molar-refractivity contribution < 1.29 is 18.7 Å². The Hall–Kier alpha value is -2.44. The molecule has 0 spiro atoms. The maximum atomic E-state index is 14.1. The summed E-state index contributed by atoms with van der Waals surface area (Å²) < 4.78 is 23.8. The fourth-order valence-electron chi connectivity index (χ4n) is 1.61. The number of carbonyl (C=O) groups excluding carboxylic acids is 1. The molecule has 100 valence electrons. The number of methoxy groups -OCH3 is 1. The average molecular weight is 265 g/mol. The minimum absolute atomic E-state index is 0.0611. The second-order valence-electron chi connectivity index (χ2n) is 3.56. The number of halogens is 1. The second-order valence-corrected chi connectivity index (χ2v) is 3.56. The van der Waals surface area contributed by atoms with Gasteiger partial charge in [0.25, 0.3) is 0 Å². The number of hydrogen-bond acceptors (Lipinski definition) is 5. The van der Waals surface area contributed by atoms with Gasteiger partial charge in [0.2, 0.25) is 0 Å². The number of aromatic amines is 1. The van der Waals surface area contributed by atoms with Crippen LogP contribution in [0, 0.1) is 5.82 Å². The van der Waals surface area contributed by atoms with E-state index < -0.39 is 11.8 Å². The zero-order chi connectivity index (χ0) is 13.8. The highest BCUT2D eigenvalue weighted by Gasteiger charge is 2.22. The highest BCUT2D eigenvalue weighted by molar-refractivity contribution is 5.94. The summed E-state index contributed by atoms with van der Waals surface area (Å²) in [6.45, 7) is 1.87. The summed E-state index contributed by atoms with van der Waals surface area (Å²) in [6.07, 6.45) is 0. The normalized spacial score (nSPS) is 10.3. The molecule has 0 aliphatic rings. The van der Waals surface area contributed by atoms with Crippen LogP contribution in [0.1, 0.15) is 17.4 Å². The van der Waals surface area contributed by atoms with E-state index in [4.69, 9.17) is 9.47 Å². The van der Waals surface area contributed by atoms with Gasteiger partial charge in [0.15, 0.2) is 17.3 Å². The number of nitrogens with one attached hydrogen (secondary N) is 1. The third-order valence-corrected chi connectivity index (χ3v) is 2.46. The smallest absolute Gasteiger partial charge is 0.361 e. The van der Waals surface area contributed by atoms with Crippen molar-refractivity contribution in [3.63, 3.8) is 0 Å². The number of nitrogens with zero attached hydrogens (tertiary/aromatic N) is 2. The predicted octanol–water partition coefficient (Wildman–Crippen LogP) is 1.80. The Morgan fingerprint density at radius 1 is 1.42 bits per heavy atom. The maximum Gasteiger partial charge on any atom is 0.361 e. The Bertz CT molecular complexity index is 598. The van der Waals surface area contributed by atoms with Gasteiger partial charge in [-0.1, -0.05) is 6.07 Å². The van der Waals surface area contributed by atoms with Gasteiger partial charge in [0, 0.05) is 5.56 Å². The number of H-pyrrole nitrogens is 1. The fourth-order valence-corrected chi connectivity index (χ4v) is 1.61. The van der Waals surface area contributed by atoms with Crippen LogP contribution in [0.2, 0.25) is 0 Å². The van der Waals surface area contributed by atoms with E-state index in [0.29, 0.717) is 0 Å². The van der Waals surface area contributed by atoms with Gasteiger partial charge in [-0.3, -0.25) is 0 Å². The van der Waals surface area contributed by atoms with Crippen molar-refractivity contribution >= 4 is 5.97 Å². The van der Waals surface area contributed by atoms with E-state index in [2.05, 4.69) is 15.4 Å². The summed E-state index contributed by atoms with van der Waals surface area (Å²) in [6, 6.07) is 4.56. The van der Waals surface area contributed by atoms with Crippen LogP contribution in [0.25, 0.3) is 11.3 Å². The van der Waals surface area contributed by atoms with Crippen LogP contribution in [-0.4, -0.2) is 35.1 Å². The number of esters is 1. The van der Waals surface area contributed by atoms with Crippen molar-refractivity contribution in [2.75, 3.05) is 13.7 Å². The summed E-state index contributed by atoms with van der Waals surface area (Å²) in [4.78, 5) is 11.7. The van der Waals surface area contributed by atoms with E-state index in [1.54, 1.807) is 13.0 Å². The molecular weight excluding hydrogens is 253 g/mol. The Labute approximate surface area is 108 Å². The lowest BCUT2D eigenvalue weighted by Gasteiger charge is -2.06. The minimum atomic E-state index is -0.659. The summed E-state index contributed by atoms with van der Waals surface area (Å²) in [7, 11) is 1.36. The molecule has 7 heteroatoms. The van der Waals surface area contributed by atoms with E-state index in [1.165, 1.54) is 19.2 Å². The molecule has 0 fully saturated rings. The molecule has 19 heavy (non-hydrogen) atoms. The van der Waals surface area contributed by atoms with Crippen molar-refractivity contribution in [3.8, 4) is 17.0 Å². The number of aromatic nitrogens is 3. The molecule has 2 aromatic rings. The minimum Gasteiger partial charge on any atom is -0.494 e. The maximum absolute atomic E-state index is 14.1. The predicted molar refractivity (Wildman–Crippen MR) is 64.3 cm³/mol. The topological polar surface area (TPSA) is 77.1 Å². The van der Waals surface area contributed by atoms with Crippen LogP contribution in [0.3, 0.4) is 0 Å². The van der Waals surface area contributed by atoms with E-state index in [-0.39, 0.29) is 29.3 Å². The Morgan fingerprint density at radius 2 is 2.21 bits per heavy atom. The van der Waals surface area contributed by atoms with Crippen LogP contribution in [0.5, 0.6) is 5.75 Å². The van der Waals surface area contributed by atoms with Crippen molar-refractivity contribution in [2.24, 2.45) is 0 Å². The molecule has 0 bridgehead atoms. The van der Waals surface area contributed by atoms with Crippen LogP contribution in [0.4, 0.5) is 4.39 Å². The molecule has 0 radical (unpaired) electrons. The highest BCUT2D eigenvalue weighted by atomic mass is 19.1. The lowest BCUT2D eigenvalue weighted by atomic mass is 10.1. The van der Waals surface area contributed by atoms with Crippen LogP contribution in [0.15, 0.2) is 18.2 Å². The van der Waals surface area contributed by atoms with Crippen molar-refractivity contribution in [2.45, 2.75) is 6.92 Å². The van der Waals surface area contributed by atoms with E-state index in [0.717, 1.165) is 0 Å². The lowest BCUT2D eigenvalue weighted by Crippen LogP contribution is -2.07. The Balaban J connectivity index is 2.49. The molecule has 0 saturated carbocycles. The van der Waals surface area contributed by atoms with E-state index in [9.17, 15) is 9.18 Å². The molecule has 0 aliphatic carbocycles.